The Hall–Kier alpha value is -2.16. The molecule has 1 unspecified atom stereocenters. The Balaban J connectivity index is 0.00000338. The summed E-state index contributed by atoms with van der Waals surface area (Å²) in [5.41, 5.74) is 3.45. The normalized spacial score (nSPS) is 12.0. The number of aryl methyl sites for hydroxylation is 1. The summed E-state index contributed by atoms with van der Waals surface area (Å²) in [5, 5.41) is 17.3. The lowest BCUT2D eigenvalue weighted by atomic mass is 10.0. The highest BCUT2D eigenvalue weighted by Gasteiger charge is 2.08. The molecule has 6 nitrogen and oxygen atoms in total. The van der Waals surface area contributed by atoms with Crippen molar-refractivity contribution in [3.8, 4) is 0 Å². The number of nitro groups is 1. The minimum absolute atomic E-state index is 0. The second-order valence-electron chi connectivity index (χ2n) is 6.05. The number of nitrogens with one attached hydrogen (secondary N) is 2. The van der Waals surface area contributed by atoms with Crippen molar-refractivity contribution < 1.29 is 4.92 Å². The first kappa shape index (κ1) is 21.9. The molecule has 140 valence electrons. The number of hydrogen-bond donors (Lipinski definition) is 2. The van der Waals surface area contributed by atoms with Crippen molar-refractivity contribution in [3.63, 3.8) is 0 Å². The van der Waals surface area contributed by atoms with Crippen molar-refractivity contribution in [2.24, 2.45) is 4.99 Å². The van der Waals surface area contributed by atoms with Gasteiger partial charge in [0.05, 0.1) is 4.92 Å². The fourth-order valence-electron chi connectivity index (χ4n) is 2.45. The summed E-state index contributed by atoms with van der Waals surface area (Å²) >= 11 is 0. The van der Waals surface area contributed by atoms with Gasteiger partial charge in [-0.05, 0) is 24.0 Å². The predicted molar refractivity (Wildman–Crippen MR) is 116 cm³/mol. The summed E-state index contributed by atoms with van der Waals surface area (Å²) < 4.78 is 0. The predicted octanol–water partition coefficient (Wildman–Crippen LogP) is 3.99. The number of benzene rings is 2. The zero-order valence-corrected chi connectivity index (χ0v) is 17.6. The Morgan fingerprint density at radius 1 is 1.19 bits per heavy atom. The number of guanidine groups is 1. The lowest BCUT2D eigenvalue weighted by molar-refractivity contribution is -0.384. The lowest BCUT2D eigenvalue weighted by Crippen LogP contribution is -2.38. The Labute approximate surface area is 171 Å². The van der Waals surface area contributed by atoms with Gasteiger partial charge in [0.15, 0.2) is 5.96 Å². The van der Waals surface area contributed by atoms with E-state index in [0.717, 1.165) is 12.1 Å². The van der Waals surface area contributed by atoms with Crippen LogP contribution in [-0.2, 0) is 6.54 Å². The topological polar surface area (TPSA) is 79.6 Å². The maximum Gasteiger partial charge on any atom is 0.269 e. The molecule has 0 aliphatic carbocycles. The van der Waals surface area contributed by atoms with Crippen molar-refractivity contribution in [1.29, 1.82) is 0 Å². The Bertz CT molecular complexity index is 747. The van der Waals surface area contributed by atoms with Crippen LogP contribution < -0.4 is 10.6 Å². The number of hydrogen-bond acceptors (Lipinski definition) is 3. The fraction of sp³-hybridized carbons (Fsp3) is 0.316. The lowest BCUT2D eigenvalue weighted by Gasteiger charge is -2.16. The summed E-state index contributed by atoms with van der Waals surface area (Å²) in [7, 11) is 1.71. The molecule has 2 N–H and O–H groups in total. The molecule has 1 atom stereocenters. The standard InChI is InChI=1S/C19H24N4O2.HI/c1-14-7-9-17(10-8-14)15(2)12-21-19(20-3)22-13-16-5-4-6-18(11-16)23(24)25;/h4-11,15H,12-13H2,1-3H3,(H2,20,21,22);1H. The summed E-state index contributed by atoms with van der Waals surface area (Å²) in [6.07, 6.45) is 0. The number of rotatable bonds is 6. The fourth-order valence-corrected chi connectivity index (χ4v) is 2.45. The molecule has 0 radical (unpaired) electrons. The third-order valence-corrected chi connectivity index (χ3v) is 4.03. The molecule has 0 bridgehead atoms. The second kappa shape index (κ2) is 10.7. The second-order valence-corrected chi connectivity index (χ2v) is 6.05. The zero-order chi connectivity index (χ0) is 18.2. The Morgan fingerprint density at radius 2 is 1.88 bits per heavy atom. The first-order chi connectivity index (χ1) is 12.0. The maximum absolute atomic E-state index is 10.8. The molecule has 0 amide bonds. The first-order valence-electron chi connectivity index (χ1n) is 8.24. The van der Waals surface area contributed by atoms with Crippen LogP contribution >= 0.6 is 24.0 Å². The first-order valence-corrected chi connectivity index (χ1v) is 8.24. The Morgan fingerprint density at radius 3 is 2.50 bits per heavy atom. The molecule has 0 aliphatic rings. The maximum atomic E-state index is 10.8. The molecule has 0 aromatic heterocycles. The summed E-state index contributed by atoms with van der Waals surface area (Å²) in [5.74, 6) is 1.02. The highest BCUT2D eigenvalue weighted by molar-refractivity contribution is 14.0. The van der Waals surface area contributed by atoms with Crippen LogP contribution in [-0.4, -0.2) is 24.5 Å². The van der Waals surface area contributed by atoms with E-state index in [2.05, 4.69) is 53.7 Å². The van der Waals surface area contributed by atoms with E-state index in [9.17, 15) is 10.1 Å². The van der Waals surface area contributed by atoms with Crippen LogP contribution in [0.1, 0.15) is 29.5 Å². The van der Waals surface area contributed by atoms with E-state index in [0.29, 0.717) is 18.4 Å². The van der Waals surface area contributed by atoms with E-state index in [-0.39, 0.29) is 34.6 Å². The van der Waals surface area contributed by atoms with Gasteiger partial charge in [0.25, 0.3) is 5.69 Å². The van der Waals surface area contributed by atoms with Gasteiger partial charge in [0.1, 0.15) is 0 Å². The van der Waals surface area contributed by atoms with Gasteiger partial charge >= 0.3 is 0 Å². The van der Waals surface area contributed by atoms with Gasteiger partial charge in [-0.15, -0.1) is 24.0 Å². The van der Waals surface area contributed by atoms with Crippen LogP contribution in [0.25, 0.3) is 0 Å². The molecule has 2 aromatic rings. The smallest absolute Gasteiger partial charge is 0.269 e. The van der Waals surface area contributed by atoms with E-state index < -0.39 is 0 Å². The van der Waals surface area contributed by atoms with Crippen LogP contribution in [0.5, 0.6) is 0 Å². The average Bonchev–Trinajstić information content (AvgIpc) is 2.62. The molecule has 26 heavy (non-hydrogen) atoms. The van der Waals surface area contributed by atoms with E-state index in [4.69, 9.17) is 0 Å². The molecule has 0 heterocycles. The van der Waals surface area contributed by atoms with Crippen molar-refractivity contribution in [3.05, 3.63) is 75.3 Å². The van der Waals surface area contributed by atoms with Gasteiger partial charge in [0.2, 0.25) is 0 Å². The molecule has 2 aromatic carbocycles. The van der Waals surface area contributed by atoms with Crippen molar-refractivity contribution in [2.75, 3.05) is 13.6 Å². The van der Waals surface area contributed by atoms with Gasteiger partial charge in [-0.2, -0.15) is 0 Å². The minimum atomic E-state index is -0.389. The van der Waals surface area contributed by atoms with Gasteiger partial charge in [0, 0.05) is 32.3 Å². The molecule has 0 saturated carbocycles. The zero-order valence-electron chi connectivity index (χ0n) is 15.2. The van der Waals surface area contributed by atoms with Crippen molar-refractivity contribution in [2.45, 2.75) is 26.3 Å². The van der Waals surface area contributed by atoms with Gasteiger partial charge in [-0.25, -0.2) is 0 Å². The van der Waals surface area contributed by atoms with Crippen molar-refractivity contribution >= 4 is 35.6 Å². The van der Waals surface area contributed by atoms with Crippen LogP contribution in [0, 0.1) is 17.0 Å². The summed E-state index contributed by atoms with van der Waals surface area (Å²) in [6.45, 7) is 5.45. The van der Waals surface area contributed by atoms with E-state index >= 15 is 0 Å². The largest absolute Gasteiger partial charge is 0.356 e. The monoisotopic (exact) mass is 468 g/mol. The van der Waals surface area contributed by atoms with Crippen LogP contribution in [0.4, 0.5) is 5.69 Å². The number of nitro benzene ring substituents is 1. The molecular weight excluding hydrogens is 443 g/mol. The van der Waals surface area contributed by atoms with Crippen LogP contribution in [0.2, 0.25) is 0 Å². The molecular formula is C19H25IN4O2. The molecule has 0 fully saturated rings. The molecule has 7 heteroatoms. The number of aliphatic imine (C=N–C) groups is 1. The number of non-ortho nitro benzene ring substituents is 1. The van der Waals surface area contributed by atoms with E-state index in [1.165, 1.54) is 17.2 Å². The van der Waals surface area contributed by atoms with Gasteiger partial charge < -0.3 is 10.6 Å². The molecule has 2 rings (SSSR count). The van der Waals surface area contributed by atoms with Gasteiger partial charge in [-0.3, -0.25) is 15.1 Å². The third-order valence-electron chi connectivity index (χ3n) is 4.03. The molecule has 0 aliphatic heterocycles. The minimum Gasteiger partial charge on any atom is -0.356 e. The van der Waals surface area contributed by atoms with Gasteiger partial charge in [-0.1, -0.05) is 48.9 Å². The highest BCUT2D eigenvalue weighted by Crippen LogP contribution is 2.15. The SMILES string of the molecule is CN=C(NCc1cccc([N+](=O)[O-])c1)NCC(C)c1ccc(C)cc1.I. The summed E-state index contributed by atoms with van der Waals surface area (Å²) in [6, 6.07) is 15.1. The van der Waals surface area contributed by atoms with Crippen molar-refractivity contribution in [1.82, 2.24) is 10.6 Å². The third kappa shape index (κ3) is 6.62. The van der Waals surface area contributed by atoms with E-state index in [1.54, 1.807) is 19.2 Å². The molecule has 0 spiro atoms. The van der Waals surface area contributed by atoms with Crippen LogP contribution in [0.3, 0.4) is 0 Å². The molecule has 0 saturated heterocycles. The quantitative estimate of drug-likeness (QED) is 0.221. The highest BCUT2D eigenvalue weighted by atomic mass is 127. The Kier molecular flexibility index (Phi) is 9.04. The average molecular weight is 468 g/mol. The van der Waals surface area contributed by atoms with Crippen LogP contribution in [0.15, 0.2) is 53.5 Å². The van der Waals surface area contributed by atoms with E-state index in [1.807, 2.05) is 6.07 Å². The number of halogens is 1. The summed E-state index contributed by atoms with van der Waals surface area (Å²) in [4.78, 5) is 14.6. The number of nitrogens with zero attached hydrogens (tertiary/aromatic N) is 2.